The van der Waals surface area contributed by atoms with Gasteiger partial charge in [0.05, 0.1) is 24.0 Å². The number of amides is 1. The summed E-state index contributed by atoms with van der Waals surface area (Å²) in [5, 5.41) is 12.4. The summed E-state index contributed by atoms with van der Waals surface area (Å²) >= 11 is 0. The summed E-state index contributed by atoms with van der Waals surface area (Å²) in [5.41, 5.74) is 4.19. The highest BCUT2D eigenvalue weighted by molar-refractivity contribution is 5.84. The number of likely N-dealkylation sites (tertiary alicyclic amines) is 1. The van der Waals surface area contributed by atoms with Gasteiger partial charge in [-0.05, 0) is 36.1 Å². The van der Waals surface area contributed by atoms with Crippen molar-refractivity contribution in [1.29, 1.82) is 5.26 Å². The first-order chi connectivity index (χ1) is 15.2. The van der Waals surface area contributed by atoms with Crippen LogP contribution in [0.1, 0.15) is 28.8 Å². The van der Waals surface area contributed by atoms with Crippen LogP contribution in [0.25, 0.3) is 0 Å². The van der Waals surface area contributed by atoms with Crippen molar-refractivity contribution >= 4 is 5.91 Å². The smallest absolute Gasteiger partial charge is 0.239 e. The molecule has 1 aliphatic heterocycles. The Kier molecular flexibility index (Phi) is 6.75. The molecule has 4 rings (SSSR count). The summed E-state index contributed by atoms with van der Waals surface area (Å²) in [6.45, 7) is 3.05. The van der Waals surface area contributed by atoms with Gasteiger partial charge in [-0.1, -0.05) is 42.5 Å². The molecular weight excluding hydrogens is 386 g/mol. The van der Waals surface area contributed by atoms with Crippen molar-refractivity contribution in [1.82, 2.24) is 19.8 Å². The third-order valence-electron chi connectivity index (χ3n) is 5.82. The van der Waals surface area contributed by atoms with Crippen molar-refractivity contribution < 1.29 is 4.79 Å². The predicted molar refractivity (Wildman–Crippen MR) is 119 cm³/mol. The Morgan fingerprint density at radius 1 is 1.06 bits per heavy atom. The molecule has 1 aliphatic rings. The number of aromatic nitrogens is 2. The van der Waals surface area contributed by atoms with Gasteiger partial charge in [-0.25, -0.2) is 4.98 Å². The van der Waals surface area contributed by atoms with Gasteiger partial charge in [0.15, 0.2) is 0 Å². The maximum absolute atomic E-state index is 12.7. The molecule has 0 bridgehead atoms. The molecule has 2 aromatic carbocycles. The summed E-state index contributed by atoms with van der Waals surface area (Å²) in [4.78, 5) is 19.0. The lowest BCUT2D eigenvalue weighted by atomic mass is 10.1. The Hall–Kier alpha value is -3.43. The number of imidazole rings is 1. The van der Waals surface area contributed by atoms with Gasteiger partial charge in [0.2, 0.25) is 5.91 Å². The fraction of sp³-hybridized carbons (Fsp3) is 0.320. The summed E-state index contributed by atoms with van der Waals surface area (Å²) in [7, 11) is 0. The minimum atomic E-state index is -0.0920. The summed E-state index contributed by atoms with van der Waals surface area (Å²) < 4.78 is 2.12. The summed E-state index contributed by atoms with van der Waals surface area (Å²) in [6.07, 6.45) is 6.28. The van der Waals surface area contributed by atoms with E-state index in [1.54, 1.807) is 0 Å². The second kappa shape index (κ2) is 10.1. The van der Waals surface area contributed by atoms with Crippen LogP contribution in [-0.2, 0) is 24.2 Å². The number of nitriles is 1. The van der Waals surface area contributed by atoms with Crippen LogP contribution in [0.2, 0.25) is 0 Å². The fourth-order valence-corrected chi connectivity index (χ4v) is 4.01. The number of nitrogens with zero attached hydrogens (tertiary/aromatic N) is 4. The lowest BCUT2D eigenvalue weighted by Gasteiger charge is -2.17. The molecule has 0 aliphatic carbocycles. The third kappa shape index (κ3) is 5.39. The van der Waals surface area contributed by atoms with Crippen molar-refractivity contribution in [2.24, 2.45) is 0 Å². The van der Waals surface area contributed by atoms with Gasteiger partial charge >= 0.3 is 0 Å². The van der Waals surface area contributed by atoms with Gasteiger partial charge < -0.3 is 14.8 Å². The zero-order valence-electron chi connectivity index (χ0n) is 17.6. The molecule has 0 spiro atoms. The summed E-state index contributed by atoms with van der Waals surface area (Å²) in [5.74, 6) is 0.210. The zero-order valence-corrected chi connectivity index (χ0v) is 17.6. The van der Waals surface area contributed by atoms with Crippen LogP contribution in [0.15, 0.2) is 67.1 Å². The lowest BCUT2D eigenvalue weighted by Crippen LogP contribution is -2.39. The van der Waals surface area contributed by atoms with Crippen molar-refractivity contribution in [2.75, 3.05) is 19.6 Å². The van der Waals surface area contributed by atoms with Gasteiger partial charge in [0, 0.05) is 44.5 Å². The average Bonchev–Trinajstić information content (AvgIpc) is 3.40. The maximum atomic E-state index is 12.7. The molecule has 31 heavy (non-hydrogen) atoms. The van der Waals surface area contributed by atoms with Crippen LogP contribution in [-0.4, -0.2) is 46.0 Å². The molecule has 2 heterocycles. The molecule has 6 heteroatoms. The Morgan fingerprint density at radius 2 is 1.87 bits per heavy atom. The van der Waals surface area contributed by atoms with Crippen molar-refractivity contribution in [2.45, 2.75) is 31.8 Å². The van der Waals surface area contributed by atoms with E-state index in [4.69, 9.17) is 5.26 Å². The fourth-order valence-electron chi connectivity index (χ4n) is 4.01. The molecule has 1 N–H and O–H groups in total. The predicted octanol–water partition coefficient (Wildman–Crippen LogP) is 2.78. The Labute approximate surface area is 183 Å². The number of rotatable bonds is 9. The molecule has 158 valence electrons. The minimum absolute atomic E-state index is 0.0920. The van der Waals surface area contributed by atoms with E-state index >= 15 is 0 Å². The van der Waals surface area contributed by atoms with E-state index in [1.165, 1.54) is 5.56 Å². The zero-order chi connectivity index (χ0) is 21.5. The van der Waals surface area contributed by atoms with E-state index in [2.05, 4.69) is 33.1 Å². The standard InChI is InChI=1S/C25H27N5O/c26-16-21-6-8-22(9-7-21)18-30-19-27-17-23(30)10-13-28-24-12-15-29(25(24)31)14-11-20-4-2-1-3-5-20/h1-9,17,19,24,28H,10-15,18H2. The number of hydrogen-bond donors (Lipinski definition) is 1. The molecule has 0 radical (unpaired) electrons. The summed E-state index contributed by atoms with van der Waals surface area (Å²) in [6, 6.07) is 20.0. The molecule has 1 atom stereocenters. The van der Waals surface area contributed by atoms with Crippen LogP contribution in [0, 0.1) is 11.3 Å². The van der Waals surface area contributed by atoms with E-state index in [0.717, 1.165) is 56.7 Å². The van der Waals surface area contributed by atoms with Gasteiger partial charge in [-0.3, -0.25) is 4.79 Å². The second-order valence-corrected chi connectivity index (χ2v) is 7.93. The maximum Gasteiger partial charge on any atom is 0.239 e. The van der Waals surface area contributed by atoms with Gasteiger partial charge in [0.1, 0.15) is 0 Å². The number of carbonyl (C=O) groups excluding carboxylic acids is 1. The van der Waals surface area contributed by atoms with Crippen LogP contribution in [0.3, 0.4) is 0 Å². The van der Waals surface area contributed by atoms with E-state index in [-0.39, 0.29) is 11.9 Å². The van der Waals surface area contributed by atoms with E-state index < -0.39 is 0 Å². The Balaban J connectivity index is 1.24. The highest BCUT2D eigenvalue weighted by Gasteiger charge is 2.30. The first-order valence-corrected chi connectivity index (χ1v) is 10.8. The molecular formula is C25H27N5O. The SMILES string of the molecule is N#Cc1ccc(Cn2cncc2CCNC2CCN(CCc3ccccc3)C2=O)cc1. The third-order valence-corrected chi connectivity index (χ3v) is 5.82. The Bertz CT molecular complexity index is 1040. The van der Waals surface area contributed by atoms with Crippen molar-refractivity contribution in [3.63, 3.8) is 0 Å². The molecule has 3 aromatic rings. The molecule has 6 nitrogen and oxygen atoms in total. The van der Waals surface area contributed by atoms with Crippen molar-refractivity contribution in [3.05, 3.63) is 89.5 Å². The first-order valence-electron chi connectivity index (χ1n) is 10.8. The van der Waals surface area contributed by atoms with E-state index in [1.807, 2.05) is 59.9 Å². The number of hydrogen-bond acceptors (Lipinski definition) is 4. The molecule has 0 saturated carbocycles. The quantitative estimate of drug-likeness (QED) is 0.585. The van der Waals surface area contributed by atoms with Gasteiger partial charge in [-0.15, -0.1) is 0 Å². The molecule has 1 saturated heterocycles. The van der Waals surface area contributed by atoms with Crippen molar-refractivity contribution in [3.8, 4) is 6.07 Å². The Morgan fingerprint density at radius 3 is 2.65 bits per heavy atom. The lowest BCUT2D eigenvalue weighted by molar-refractivity contribution is -0.129. The highest BCUT2D eigenvalue weighted by Crippen LogP contribution is 2.13. The molecule has 1 aromatic heterocycles. The van der Waals surface area contributed by atoms with Crippen LogP contribution in [0.5, 0.6) is 0 Å². The molecule has 1 amide bonds. The number of carbonyl (C=O) groups is 1. The molecule has 1 unspecified atom stereocenters. The normalized spacial score (nSPS) is 15.9. The number of nitrogens with one attached hydrogen (secondary N) is 1. The second-order valence-electron chi connectivity index (χ2n) is 7.93. The largest absolute Gasteiger partial charge is 0.341 e. The van der Waals surface area contributed by atoms with Gasteiger partial charge in [-0.2, -0.15) is 5.26 Å². The number of benzene rings is 2. The van der Waals surface area contributed by atoms with Crippen LogP contribution in [0.4, 0.5) is 0 Å². The molecule has 1 fully saturated rings. The van der Waals surface area contributed by atoms with E-state index in [9.17, 15) is 4.79 Å². The van der Waals surface area contributed by atoms with E-state index in [0.29, 0.717) is 5.56 Å². The van der Waals surface area contributed by atoms with Crippen LogP contribution < -0.4 is 5.32 Å². The van der Waals surface area contributed by atoms with Crippen LogP contribution >= 0.6 is 0 Å². The topological polar surface area (TPSA) is 74.0 Å². The monoisotopic (exact) mass is 413 g/mol. The highest BCUT2D eigenvalue weighted by atomic mass is 16.2. The minimum Gasteiger partial charge on any atom is -0.341 e. The van der Waals surface area contributed by atoms with Gasteiger partial charge in [0.25, 0.3) is 0 Å². The first kappa shape index (κ1) is 20.8. The average molecular weight is 414 g/mol.